The van der Waals surface area contributed by atoms with Gasteiger partial charge in [-0.05, 0) is 44.9 Å². The van der Waals surface area contributed by atoms with E-state index in [2.05, 4.69) is 11.1 Å². The van der Waals surface area contributed by atoms with Gasteiger partial charge in [-0.25, -0.2) is 0 Å². The average Bonchev–Trinajstić information content (AvgIpc) is 2.72. The lowest BCUT2D eigenvalue weighted by Gasteiger charge is -2.17. The molecule has 0 radical (unpaired) electrons. The Hall–Kier alpha value is -1.81. The number of carbonyl (C=O) groups is 1. The molecule has 1 aromatic carbocycles. The number of benzene rings is 1. The summed E-state index contributed by atoms with van der Waals surface area (Å²) in [5, 5.41) is 10.4. The van der Waals surface area contributed by atoms with E-state index < -0.39 is 6.10 Å². The minimum absolute atomic E-state index is 0.0306. The van der Waals surface area contributed by atoms with E-state index in [0.29, 0.717) is 18.7 Å². The quantitative estimate of drug-likeness (QED) is 0.900. The summed E-state index contributed by atoms with van der Waals surface area (Å²) in [7, 11) is 1.76. The number of fused-ring (bicyclic) bond motifs is 1. The number of aryl methyl sites for hydroxylation is 2. The molecule has 108 valence electrons. The molecule has 4 nitrogen and oxygen atoms in total. The van der Waals surface area contributed by atoms with E-state index in [1.54, 1.807) is 18.9 Å². The number of rotatable bonds is 4. The fourth-order valence-corrected chi connectivity index (χ4v) is 2.33. The van der Waals surface area contributed by atoms with Crippen molar-refractivity contribution >= 4 is 16.8 Å². The second-order valence-corrected chi connectivity index (χ2v) is 5.54. The number of nitrogens with one attached hydrogen (secondary N) is 1. The van der Waals surface area contributed by atoms with Crippen LogP contribution < -0.4 is 0 Å². The first-order valence-corrected chi connectivity index (χ1v) is 6.92. The SMILES string of the molecule is Cc1ccc2[nH]c(C(=O)N(C)CCC(C)O)c(C)c2c1. The van der Waals surface area contributed by atoms with Crippen molar-refractivity contribution in [3.63, 3.8) is 0 Å². The highest BCUT2D eigenvalue weighted by molar-refractivity contribution is 6.00. The van der Waals surface area contributed by atoms with Crippen molar-refractivity contribution in [2.24, 2.45) is 0 Å². The van der Waals surface area contributed by atoms with Crippen LogP contribution in [-0.2, 0) is 0 Å². The highest BCUT2D eigenvalue weighted by Gasteiger charge is 2.18. The molecule has 20 heavy (non-hydrogen) atoms. The van der Waals surface area contributed by atoms with Gasteiger partial charge in [0.2, 0.25) is 0 Å². The Morgan fingerprint density at radius 1 is 1.40 bits per heavy atom. The number of aromatic nitrogens is 1. The Morgan fingerprint density at radius 3 is 2.75 bits per heavy atom. The van der Waals surface area contributed by atoms with Crippen LogP contribution in [-0.4, -0.2) is 40.6 Å². The van der Waals surface area contributed by atoms with Crippen LogP contribution in [0.2, 0.25) is 0 Å². The molecule has 0 aliphatic carbocycles. The summed E-state index contributed by atoms with van der Waals surface area (Å²) in [6, 6.07) is 6.13. The Kier molecular flexibility index (Phi) is 4.14. The average molecular weight is 274 g/mol. The number of amides is 1. The molecule has 1 heterocycles. The van der Waals surface area contributed by atoms with E-state index in [1.807, 2.05) is 26.0 Å². The molecule has 2 rings (SSSR count). The highest BCUT2D eigenvalue weighted by atomic mass is 16.3. The third kappa shape index (κ3) is 2.85. The van der Waals surface area contributed by atoms with Gasteiger partial charge in [0.25, 0.3) is 5.91 Å². The zero-order valence-electron chi connectivity index (χ0n) is 12.5. The number of aliphatic hydroxyl groups excluding tert-OH is 1. The second kappa shape index (κ2) is 5.67. The van der Waals surface area contributed by atoms with Crippen molar-refractivity contribution < 1.29 is 9.90 Å². The Labute approximate surface area is 119 Å². The van der Waals surface area contributed by atoms with E-state index in [1.165, 1.54) is 5.56 Å². The minimum Gasteiger partial charge on any atom is -0.393 e. The molecule has 2 N–H and O–H groups in total. The van der Waals surface area contributed by atoms with E-state index in [-0.39, 0.29) is 5.91 Å². The maximum absolute atomic E-state index is 12.4. The number of hydrogen-bond acceptors (Lipinski definition) is 2. The molecule has 0 saturated carbocycles. The molecule has 1 unspecified atom stereocenters. The zero-order valence-corrected chi connectivity index (χ0v) is 12.5. The summed E-state index contributed by atoms with van der Waals surface area (Å²) in [5.74, 6) is -0.0306. The van der Waals surface area contributed by atoms with Gasteiger partial charge in [-0.15, -0.1) is 0 Å². The van der Waals surface area contributed by atoms with Crippen LogP contribution in [0.3, 0.4) is 0 Å². The number of H-pyrrole nitrogens is 1. The largest absolute Gasteiger partial charge is 0.393 e. The van der Waals surface area contributed by atoms with Gasteiger partial charge in [-0.1, -0.05) is 11.6 Å². The monoisotopic (exact) mass is 274 g/mol. The predicted molar refractivity (Wildman–Crippen MR) is 81.0 cm³/mol. The molecule has 0 saturated heterocycles. The first-order valence-electron chi connectivity index (χ1n) is 6.92. The summed E-state index contributed by atoms with van der Waals surface area (Å²) < 4.78 is 0. The second-order valence-electron chi connectivity index (χ2n) is 5.54. The smallest absolute Gasteiger partial charge is 0.270 e. The number of carbonyl (C=O) groups excluding carboxylic acids is 1. The van der Waals surface area contributed by atoms with Crippen LogP contribution in [0.4, 0.5) is 0 Å². The predicted octanol–water partition coefficient (Wildman–Crippen LogP) is 2.63. The summed E-state index contributed by atoms with van der Waals surface area (Å²) in [5.41, 5.74) is 3.79. The number of hydrogen-bond donors (Lipinski definition) is 2. The van der Waals surface area contributed by atoms with Crippen molar-refractivity contribution in [2.75, 3.05) is 13.6 Å². The van der Waals surface area contributed by atoms with Gasteiger partial charge in [-0.2, -0.15) is 0 Å². The molecule has 0 fully saturated rings. The Balaban J connectivity index is 2.28. The van der Waals surface area contributed by atoms with Gasteiger partial charge in [0.05, 0.1) is 6.10 Å². The third-order valence-corrected chi connectivity index (χ3v) is 3.66. The number of aliphatic hydroxyl groups is 1. The fourth-order valence-electron chi connectivity index (χ4n) is 2.33. The van der Waals surface area contributed by atoms with Crippen molar-refractivity contribution in [1.82, 2.24) is 9.88 Å². The molecule has 0 spiro atoms. The van der Waals surface area contributed by atoms with Crippen molar-refractivity contribution in [3.05, 3.63) is 35.0 Å². The molecular weight excluding hydrogens is 252 g/mol. The van der Waals surface area contributed by atoms with Crippen LogP contribution in [0, 0.1) is 13.8 Å². The minimum atomic E-state index is -0.392. The molecule has 1 aromatic heterocycles. The normalized spacial score (nSPS) is 12.7. The Morgan fingerprint density at radius 2 is 2.10 bits per heavy atom. The van der Waals surface area contributed by atoms with Crippen molar-refractivity contribution in [2.45, 2.75) is 33.3 Å². The van der Waals surface area contributed by atoms with Gasteiger partial charge < -0.3 is 15.0 Å². The van der Waals surface area contributed by atoms with Crippen LogP contribution >= 0.6 is 0 Å². The summed E-state index contributed by atoms with van der Waals surface area (Å²) >= 11 is 0. The van der Waals surface area contributed by atoms with Gasteiger partial charge in [0.15, 0.2) is 0 Å². The van der Waals surface area contributed by atoms with Crippen LogP contribution in [0.5, 0.6) is 0 Å². The number of nitrogens with zero attached hydrogens (tertiary/aromatic N) is 1. The molecule has 0 aliphatic rings. The van der Waals surface area contributed by atoms with E-state index in [4.69, 9.17) is 0 Å². The van der Waals surface area contributed by atoms with Crippen molar-refractivity contribution in [1.29, 1.82) is 0 Å². The van der Waals surface area contributed by atoms with E-state index in [0.717, 1.165) is 16.5 Å². The van der Waals surface area contributed by atoms with Crippen LogP contribution in [0.15, 0.2) is 18.2 Å². The molecule has 1 amide bonds. The Bertz CT molecular complexity index is 629. The molecule has 0 bridgehead atoms. The lowest BCUT2D eigenvalue weighted by molar-refractivity contribution is 0.0763. The lowest BCUT2D eigenvalue weighted by Crippen LogP contribution is -2.30. The fraction of sp³-hybridized carbons (Fsp3) is 0.438. The first-order chi connectivity index (χ1) is 9.40. The summed E-state index contributed by atoms with van der Waals surface area (Å²) in [4.78, 5) is 17.3. The maximum atomic E-state index is 12.4. The molecule has 2 aromatic rings. The van der Waals surface area contributed by atoms with Gasteiger partial charge in [0.1, 0.15) is 5.69 Å². The standard InChI is InChI=1S/C16H22N2O2/c1-10-5-6-14-13(9-10)12(3)15(17-14)16(20)18(4)8-7-11(2)19/h5-6,9,11,17,19H,7-8H2,1-4H3. The molecular formula is C16H22N2O2. The number of aromatic amines is 1. The summed E-state index contributed by atoms with van der Waals surface area (Å²) in [6.07, 6.45) is 0.192. The van der Waals surface area contributed by atoms with Crippen LogP contribution in [0.1, 0.15) is 35.0 Å². The summed E-state index contributed by atoms with van der Waals surface area (Å²) in [6.45, 7) is 6.29. The first kappa shape index (κ1) is 14.6. The zero-order chi connectivity index (χ0) is 14.9. The molecule has 0 aliphatic heterocycles. The van der Waals surface area contributed by atoms with Gasteiger partial charge >= 0.3 is 0 Å². The van der Waals surface area contributed by atoms with Gasteiger partial charge in [-0.3, -0.25) is 4.79 Å². The topological polar surface area (TPSA) is 56.3 Å². The highest BCUT2D eigenvalue weighted by Crippen LogP contribution is 2.23. The van der Waals surface area contributed by atoms with Gasteiger partial charge in [0, 0.05) is 24.5 Å². The van der Waals surface area contributed by atoms with E-state index >= 15 is 0 Å². The molecule has 1 atom stereocenters. The molecule has 4 heteroatoms. The van der Waals surface area contributed by atoms with Crippen molar-refractivity contribution in [3.8, 4) is 0 Å². The third-order valence-electron chi connectivity index (χ3n) is 3.66. The maximum Gasteiger partial charge on any atom is 0.270 e. The van der Waals surface area contributed by atoms with Crippen LogP contribution in [0.25, 0.3) is 10.9 Å². The van der Waals surface area contributed by atoms with E-state index in [9.17, 15) is 9.90 Å². The lowest BCUT2D eigenvalue weighted by atomic mass is 10.1.